The van der Waals surface area contributed by atoms with Crippen molar-refractivity contribution in [3.63, 3.8) is 0 Å². The molecule has 2 unspecified atom stereocenters. The lowest BCUT2D eigenvalue weighted by atomic mass is 10.3. The predicted molar refractivity (Wildman–Crippen MR) is 52.4 cm³/mol. The van der Waals surface area contributed by atoms with E-state index < -0.39 is 0 Å². The maximum absolute atomic E-state index is 4.00. The van der Waals surface area contributed by atoms with Crippen LogP contribution in [0, 0.1) is 6.92 Å². The molecule has 0 bridgehead atoms. The van der Waals surface area contributed by atoms with Gasteiger partial charge in [-0.15, -0.1) is 16.9 Å². The summed E-state index contributed by atoms with van der Waals surface area (Å²) < 4.78 is 3.93. The summed E-state index contributed by atoms with van der Waals surface area (Å²) in [4.78, 5) is 1.28. The minimum Gasteiger partial charge on any atom is -0.298 e. The van der Waals surface area contributed by atoms with Crippen LogP contribution >= 0.6 is 23.3 Å². The second-order valence-electron chi connectivity index (χ2n) is 3.00. The quantitative estimate of drug-likeness (QED) is 0.748. The first kappa shape index (κ1) is 8.47. The molecule has 1 saturated heterocycles. The van der Waals surface area contributed by atoms with Crippen LogP contribution < -0.4 is 5.32 Å². The summed E-state index contributed by atoms with van der Waals surface area (Å²) in [7, 11) is 0. The molecule has 66 valence electrons. The van der Waals surface area contributed by atoms with E-state index in [4.69, 9.17) is 0 Å². The van der Waals surface area contributed by atoms with Crippen LogP contribution in [0.3, 0.4) is 0 Å². The van der Waals surface area contributed by atoms with E-state index in [0.717, 1.165) is 5.69 Å². The second kappa shape index (κ2) is 3.32. The van der Waals surface area contributed by atoms with E-state index in [2.05, 4.69) is 21.8 Å². The van der Waals surface area contributed by atoms with Crippen molar-refractivity contribution in [2.24, 2.45) is 0 Å². The molecule has 1 aromatic rings. The van der Waals surface area contributed by atoms with Gasteiger partial charge in [-0.2, -0.15) is 0 Å². The zero-order valence-electron chi connectivity index (χ0n) is 7.07. The standard InChI is InChI=1S/C7H11N3S2/c1-4-3-11-7(8-4)6-5(2)9-10-12-6/h4,7-8H,3H2,1-2H3. The van der Waals surface area contributed by atoms with Crippen molar-refractivity contribution >= 4 is 23.3 Å². The van der Waals surface area contributed by atoms with E-state index in [1.54, 1.807) is 0 Å². The molecule has 2 rings (SSSR count). The van der Waals surface area contributed by atoms with Crippen molar-refractivity contribution in [1.29, 1.82) is 0 Å². The summed E-state index contributed by atoms with van der Waals surface area (Å²) in [6.07, 6.45) is 0. The van der Waals surface area contributed by atoms with Gasteiger partial charge in [0.15, 0.2) is 0 Å². The highest BCUT2D eigenvalue weighted by molar-refractivity contribution is 7.99. The monoisotopic (exact) mass is 201 g/mol. The lowest BCUT2D eigenvalue weighted by molar-refractivity contribution is 0.621. The van der Waals surface area contributed by atoms with Crippen LogP contribution in [0.25, 0.3) is 0 Å². The van der Waals surface area contributed by atoms with E-state index >= 15 is 0 Å². The van der Waals surface area contributed by atoms with Crippen LogP contribution in [0.15, 0.2) is 0 Å². The summed E-state index contributed by atoms with van der Waals surface area (Å²) in [5, 5.41) is 7.92. The molecule has 2 heterocycles. The average Bonchev–Trinajstić information content (AvgIpc) is 2.58. The molecule has 5 heteroatoms. The van der Waals surface area contributed by atoms with Crippen LogP contribution in [-0.2, 0) is 0 Å². The van der Waals surface area contributed by atoms with Crippen LogP contribution in [0.1, 0.15) is 22.9 Å². The topological polar surface area (TPSA) is 37.8 Å². The van der Waals surface area contributed by atoms with Crippen LogP contribution in [0.2, 0.25) is 0 Å². The zero-order chi connectivity index (χ0) is 8.55. The van der Waals surface area contributed by atoms with E-state index in [1.165, 1.54) is 22.2 Å². The number of nitrogens with zero attached hydrogens (tertiary/aromatic N) is 2. The van der Waals surface area contributed by atoms with Gasteiger partial charge < -0.3 is 0 Å². The van der Waals surface area contributed by atoms with Gasteiger partial charge in [-0.05, 0) is 25.4 Å². The smallest absolute Gasteiger partial charge is 0.0920 e. The minimum absolute atomic E-state index is 0.431. The Bertz CT molecular complexity index is 273. The SMILES string of the molecule is Cc1nnsc1C1NC(C)CS1. The van der Waals surface area contributed by atoms with E-state index in [-0.39, 0.29) is 0 Å². The van der Waals surface area contributed by atoms with Gasteiger partial charge in [-0.3, -0.25) is 5.32 Å². The van der Waals surface area contributed by atoms with E-state index in [1.807, 2.05) is 18.7 Å². The highest BCUT2D eigenvalue weighted by Crippen LogP contribution is 2.35. The first-order valence-corrected chi connectivity index (χ1v) is 5.76. The van der Waals surface area contributed by atoms with Crippen LogP contribution in [0.5, 0.6) is 0 Å². The van der Waals surface area contributed by atoms with Gasteiger partial charge in [0, 0.05) is 11.8 Å². The van der Waals surface area contributed by atoms with Crippen molar-refractivity contribution < 1.29 is 0 Å². The fourth-order valence-electron chi connectivity index (χ4n) is 1.23. The molecule has 0 radical (unpaired) electrons. The number of rotatable bonds is 1. The summed E-state index contributed by atoms with van der Waals surface area (Å²) in [5.74, 6) is 1.18. The van der Waals surface area contributed by atoms with Crippen molar-refractivity contribution in [2.45, 2.75) is 25.3 Å². The molecule has 1 N–H and O–H groups in total. The highest BCUT2D eigenvalue weighted by atomic mass is 32.2. The maximum Gasteiger partial charge on any atom is 0.0920 e. The average molecular weight is 201 g/mol. The Labute approximate surface area is 80.1 Å². The molecule has 0 aliphatic carbocycles. The number of nitrogens with one attached hydrogen (secondary N) is 1. The fraction of sp³-hybridized carbons (Fsp3) is 0.714. The minimum atomic E-state index is 0.431. The van der Waals surface area contributed by atoms with Gasteiger partial charge in [0.05, 0.1) is 15.9 Å². The molecule has 0 saturated carbocycles. The molecular formula is C7H11N3S2. The lowest BCUT2D eigenvalue weighted by Crippen LogP contribution is -2.21. The molecule has 1 fully saturated rings. The number of aromatic nitrogens is 2. The molecule has 1 aromatic heterocycles. The molecule has 12 heavy (non-hydrogen) atoms. The third-order valence-electron chi connectivity index (χ3n) is 1.87. The second-order valence-corrected chi connectivity index (χ2v) is 4.93. The predicted octanol–water partition coefficient (Wildman–Crippen LogP) is 1.57. The van der Waals surface area contributed by atoms with E-state index in [0.29, 0.717) is 11.4 Å². The fourth-order valence-corrected chi connectivity index (χ4v) is 3.37. The Balaban J connectivity index is 2.16. The molecule has 0 amide bonds. The summed E-state index contributed by atoms with van der Waals surface area (Å²) in [6, 6.07) is 0.612. The molecule has 2 atom stereocenters. The highest BCUT2D eigenvalue weighted by Gasteiger charge is 2.25. The Kier molecular flexibility index (Phi) is 2.34. The zero-order valence-corrected chi connectivity index (χ0v) is 8.71. The molecule has 0 aromatic carbocycles. The molecular weight excluding hydrogens is 190 g/mol. The van der Waals surface area contributed by atoms with Gasteiger partial charge in [0.25, 0.3) is 0 Å². The Morgan fingerprint density at radius 2 is 2.42 bits per heavy atom. The molecule has 1 aliphatic rings. The maximum atomic E-state index is 4.00. The summed E-state index contributed by atoms with van der Waals surface area (Å²) in [5.41, 5.74) is 1.07. The number of hydrogen-bond donors (Lipinski definition) is 1. The van der Waals surface area contributed by atoms with Gasteiger partial charge in [0.1, 0.15) is 0 Å². The number of thioether (sulfide) groups is 1. The van der Waals surface area contributed by atoms with Gasteiger partial charge in [0.2, 0.25) is 0 Å². The molecule has 1 aliphatic heterocycles. The molecule has 0 spiro atoms. The van der Waals surface area contributed by atoms with Crippen molar-refractivity contribution in [1.82, 2.24) is 14.9 Å². The number of aryl methyl sites for hydroxylation is 1. The first-order valence-electron chi connectivity index (χ1n) is 3.94. The molecule has 3 nitrogen and oxygen atoms in total. The Hall–Kier alpha value is -0.130. The Morgan fingerprint density at radius 1 is 1.58 bits per heavy atom. The summed E-state index contributed by atoms with van der Waals surface area (Å²) >= 11 is 3.45. The van der Waals surface area contributed by atoms with Gasteiger partial charge in [-0.1, -0.05) is 4.49 Å². The van der Waals surface area contributed by atoms with E-state index in [9.17, 15) is 0 Å². The van der Waals surface area contributed by atoms with Gasteiger partial charge >= 0.3 is 0 Å². The lowest BCUT2D eigenvalue weighted by Gasteiger charge is -2.07. The Morgan fingerprint density at radius 3 is 2.92 bits per heavy atom. The van der Waals surface area contributed by atoms with Crippen LogP contribution in [-0.4, -0.2) is 21.4 Å². The van der Waals surface area contributed by atoms with Crippen molar-refractivity contribution in [2.75, 3.05) is 5.75 Å². The third-order valence-corrected chi connectivity index (χ3v) is 4.31. The first-order chi connectivity index (χ1) is 5.77. The largest absolute Gasteiger partial charge is 0.298 e. The summed E-state index contributed by atoms with van der Waals surface area (Å²) in [6.45, 7) is 4.22. The number of hydrogen-bond acceptors (Lipinski definition) is 5. The van der Waals surface area contributed by atoms with Crippen molar-refractivity contribution in [3.8, 4) is 0 Å². The normalized spacial score (nSPS) is 29.5. The van der Waals surface area contributed by atoms with Crippen molar-refractivity contribution in [3.05, 3.63) is 10.6 Å². The van der Waals surface area contributed by atoms with Crippen LogP contribution in [0.4, 0.5) is 0 Å². The van der Waals surface area contributed by atoms with Gasteiger partial charge in [-0.25, -0.2) is 0 Å². The third kappa shape index (κ3) is 1.48.